The Morgan fingerprint density at radius 2 is 1.84 bits per heavy atom. The van der Waals surface area contributed by atoms with E-state index in [1.165, 1.54) is 20.2 Å². The highest BCUT2D eigenvalue weighted by Crippen LogP contribution is 2.36. The lowest BCUT2D eigenvalue weighted by atomic mass is 10.1. The molecule has 2 N–H and O–H groups in total. The number of benzene rings is 2. The first kappa shape index (κ1) is 31.5. The molecule has 0 radical (unpaired) electrons. The average Bonchev–Trinajstić information content (AvgIpc) is 2.95. The molecule has 0 aliphatic carbocycles. The van der Waals surface area contributed by atoms with Crippen LogP contribution in [0.25, 0.3) is 0 Å². The summed E-state index contributed by atoms with van der Waals surface area (Å²) >= 11 is 0. The fraction of sp³-hybridized carbons (Fsp3) is 0.429. The summed E-state index contributed by atoms with van der Waals surface area (Å²) in [6.07, 6.45) is -3.20. The summed E-state index contributed by atoms with van der Waals surface area (Å²) < 4.78 is 91.4. The highest BCUT2D eigenvalue weighted by atomic mass is 32.2. The summed E-state index contributed by atoms with van der Waals surface area (Å²) in [7, 11) is -1.05. The van der Waals surface area contributed by atoms with E-state index in [2.05, 4.69) is 30.4 Å². The Bertz CT molecular complexity index is 1600. The largest absolute Gasteiger partial charge is 0.494 e. The van der Waals surface area contributed by atoms with E-state index in [0.29, 0.717) is 23.7 Å². The maximum absolute atomic E-state index is 14.0. The smallest absolute Gasteiger partial charge is 0.421 e. The number of hydrogen-bond acceptors (Lipinski definition) is 10. The van der Waals surface area contributed by atoms with Crippen LogP contribution in [-0.2, 0) is 27.5 Å². The van der Waals surface area contributed by atoms with Gasteiger partial charge in [-0.1, -0.05) is 6.07 Å². The Labute approximate surface area is 252 Å². The topological polar surface area (TPSA) is 112 Å². The maximum Gasteiger partial charge on any atom is 0.421 e. The van der Waals surface area contributed by atoms with Crippen molar-refractivity contribution in [1.29, 1.82) is 0 Å². The first-order chi connectivity index (χ1) is 20.8. The Hall–Kier alpha value is -3.89. The van der Waals surface area contributed by atoms with Gasteiger partial charge in [0.05, 0.1) is 44.0 Å². The third-order valence-electron chi connectivity index (χ3n) is 7.67. The molecule has 2 aliphatic rings. The molecule has 2 fully saturated rings. The number of piperazine rings is 1. The van der Waals surface area contributed by atoms with Crippen molar-refractivity contribution in [2.24, 2.45) is 0 Å². The molecular weight excluding hydrogens is 606 g/mol. The molecule has 0 saturated carbocycles. The van der Waals surface area contributed by atoms with Gasteiger partial charge in [0.25, 0.3) is 0 Å². The second-order valence-electron chi connectivity index (χ2n) is 10.5. The quantitative estimate of drug-likeness (QED) is 0.317. The van der Waals surface area contributed by atoms with Gasteiger partial charge in [-0.3, -0.25) is 9.21 Å². The minimum Gasteiger partial charge on any atom is -0.494 e. The van der Waals surface area contributed by atoms with Gasteiger partial charge in [-0.05, 0) is 29.8 Å². The number of rotatable bonds is 10. The van der Waals surface area contributed by atoms with Gasteiger partial charge in [0, 0.05) is 57.7 Å². The zero-order valence-electron chi connectivity index (χ0n) is 24.4. The van der Waals surface area contributed by atoms with E-state index in [-0.39, 0.29) is 23.7 Å². The van der Waals surface area contributed by atoms with E-state index in [1.54, 1.807) is 6.07 Å². The van der Waals surface area contributed by atoms with E-state index in [9.17, 15) is 26.0 Å². The third-order valence-corrected chi connectivity index (χ3v) is 8.86. The van der Waals surface area contributed by atoms with Crippen LogP contribution < -0.4 is 24.6 Å². The molecule has 11 nitrogen and oxygen atoms in total. The van der Waals surface area contributed by atoms with Gasteiger partial charge < -0.3 is 25.0 Å². The normalized spacial score (nSPS) is 16.4. The minimum absolute atomic E-state index is 0.0238. The van der Waals surface area contributed by atoms with Crippen molar-refractivity contribution < 1.29 is 35.5 Å². The van der Waals surface area contributed by atoms with E-state index in [1.807, 2.05) is 12.1 Å². The molecule has 5 rings (SSSR count). The molecule has 1 aromatic heterocycles. The van der Waals surface area contributed by atoms with E-state index in [4.69, 9.17) is 9.47 Å². The molecule has 16 heteroatoms. The Morgan fingerprint density at radius 3 is 2.45 bits per heavy atom. The van der Waals surface area contributed by atoms with Crippen LogP contribution in [0.3, 0.4) is 0 Å². The van der Waals surface area contributed by atoms with E-state index in [0.717, 1.165) is 67.8 Å². The summed E-state index contributed by atoms with van der Waals surface area (Å²) in [6.45, 7) is 4.74. The molecule has 3 aromatic rings. The zero-order valence-corrected chi connectivity index (χ0v) is 25.2. The van der Waals surface area contributed by atoms with Crippen LogP contribution >= 0.6 is 0 Å². The van der Waals surface area contributed by atoms with Crippen LogP contribution in [0.2, 0.25) is 0 Å². The van der Waals surface area contributed by atoms with Crippen LogP contribution in [-0.4, -0.2) is 89.1 Å². The van der Waals surface area contributed by atoms with Crippen LogP contribution in [0.1, 0.15) is 11.1 Å². The Kier molecular flexibility index (Phi) is 9.04. The first-order valence-corrected chi connectivity index (χ1v) is 15.6. The summed E-state index contributed by atoms with van der Waals surface area (Å²) in [4.78, 5) is 12.6. The lowest BCUT2D eigenvalue weighted by Gasteiger charge is -2.43. The lowest BCUT2D eigenvalue weighted by Crippen LogP contribution is -2.56. The number of anilines is 5. The molecule has 238 valence electrons. The number of hydrogen-bond donors (Lipinski definition) is 2. The molecule has 2 aliphatic heterocycles. The second-order valence-corrected chi connectivity index (χ2v) is 12.5. The first-order valence-electron chi connectivity index (χ1n) is 13.8. The van der Waals surface area contributed by atoms with Crippen molar-refractivity contribution >= 4 is 38.9 Å². The summed E-state index contributed by atoms with van der Waals surface area (Å²) in [5.74, 6) is -0.919. The molecule has 2 aromatic carbocycles. The Balaban J connectivity index is 1.35. The minimum atomic E-state index is -4.79. The Morgan fingerprint density at radius 1 is 1.11 bits per heavy atom. The predicted molar refractivity (Wildman–Crippen MR) is 159 cm³/mol. The van der Waals surface area contributed by atoms with Crippen LogP contribution in [0.5, 0.6) is 5.75 Å². The van der Waals surface area contributed by atoms with Gasteiger partial charge in [0.15, 0.2) is 0 Å². The second kappa shape index (κ2) is 12.6. The standard InChI is InChI=1S/C28H33F4N7O4S/c1-37(44(3,40)41)24-12-19(29)5-4-18(24)14-33-26-22(28(30,31)32)15-34-27(36-26)35-23-7-6-20(13-25(23)42-2)38-8-10-39(11-9-38)21-16-43-17-21/h4-7,12-13,15,21H,8-11,14,16-17H2,1-3H3,(H2,33,34,35,36). The van der Waals surface area contributed by atoms with Crippen LogP contribution in [0.4, 0.5) is 46.4 Å². The highest BCUT2D eigenvalue weighted by molar-refractivity contribution is 7.92. The van der Waals surface area contributed by atoms with Crippen LogP contribution in [0, 0.1) is 5.82 Å². The van der Waals surface area contributed by atoms with Crippen molar-refractivity contribution in [3.8, 4) is 5.75 Å². The monoisotopic (exact) mass is 639 g/mol. The SMILES string of the molecule is COc1cc(N2CCN(C3COC3)CC2)ccc1Nc1ncc(C(F)(F)F)c(NCc2ccc(F)cc2N(C)S(C)(=O)=O)n1. The number of aromatic nitrogens is 2. The predicted octanol–water partition coefficient (Wildman–Crippen LogP) is 3.92. The number of halogens is 4. The average molecular weight is 640 g/mol. The van der Waals surface area contributed by atoms with E-state index >= 15 is 0 Å². The molecule has 0 amide bonds. The van der Waals surface area contributed by atoms with Gasteiger partial charge in [-0.2, -0.15) is 18.2 Å². The molecular formula is C28H33F4N7O4S. The third kappa shape index (κ3) is 7.08. The van der Waals surface area contributed by atoms with Gasteiger partial charge in [0.1, 0.15) is 22.9 Å². The summed E-state index contributed by atoms with van der Waals surface area (Å²) in [6, 6.07) is 9.35. The molecule has 0 atom stereocenters. The van der Waals surface area contributed by atoms with E-state index < -0.39 is 33.4 Å². The number of sulfonamides is 1. The van der Waals surface area contributed by atoms with Crippen molar-refractivity contribution in [2.75, 3.05) is 79.6 Å². The molecule has 44 heavy (non-hydrogen) atoms. The number of methoxy groups -OCH3 is 1. The molecule has 0 spiro atoms. The van der Waals surface area contributed by atoms with Gasteiger partial charge in [-0.25, -0.2) is 17.8 Å². The van der Waals surface area contributed by atoms with Crippen molar-refractivity contribution in [3.63, 3.8) is 0 Å². The summed E-state index contributed by atoms with van der Waals surface area (Å²) in [5.41, 5.74) is 0.478. The van der Waals surface area contributed by atoms with Crippen molar-refractivity contribution in [1.82, 2.24) is 14.9 Å². The van der Waals surface area contributed by atoms with Crippen molar-refractivity contribution in [3.05, 3.63) is 59.5 Å². The van der Waals surface area contributed by atoms with Gasteiger partial charge in [-0.15, -0.1) is 0 Å². The fourth-order valence-electron chi connectivity index (χ4n) is 5.00. The fourth-order valence-corrected chi connectivity index (χ4v) is 5.53. The number of ether oxygens (including phenoxy) is 2. The number of nitrogens with one attached hydrogen (secondary N) is 2. The van der Waals surface area contributed by atoms with Gasteiger partial charge >= 0.3 is 6.18 Å². The highest BCUT2D eigenvalue weighted by Gasteiger charge is 2.35. The molecule has 3 heterocycles. The van der Waals surface area contributed by atoms with Crippen LogP contribution in [0.15, 0.2) is 42.6 Å². The molecule has 2 saturated heterocycles. The lowest BCUT2D eigenvalue weighted by molar-refractivity contribution is -0.137. The molecule has 0 bridgehead atoms. The number of alkyl halides is 3. The van der Waals surface area contributed by atoms with Gasteiger partial charge in [0.2, 0.25) is 16.0 Å². The number of nitrogens with zero attached hydrogens (tertiary/aromatic N) is 5. The zero-order chi connectivity index (χ0) is 31.6. The molecule has 0 unspecified atom stereocenters. The van der Waals surface area contributed by atoms with Crippen molar-refractivity contribution in [2.45, 2.75) is 18.8 Å². The maximum atomic E-state index is 14.0. The summed E-state index contributed by atoms with van der Waals surface area (Å²) in [5, 5.41) is 5.56.